The maximum atomic E-state index is 8.66. The van der Waals surface area contributed by atoms with Gasteiger partial charge in [-0.15, -0.1) is 0 Å². The van der Waals surface area contributed by atoms with Crippen LogP contribution >= 0.6 is 0 Å². The molecule has 0 bridgehead atoms. The first-order valence-electron chi connectivity index (χ1n) is 6.55. The molecule has 1 unspecified atom stereocenters. The van der Waals surface area contributed by atoms with Crippen LogP contribution in [-0.2, 0) is 11.3 Å². The Balaban J connectivity index is 2.55. The van der Waals surface area contributed by atoms with Gasteiger partial charge < -0.3 is 9.84 Å². The van der Waals surface area contributed by atoms with E-state index in [-0.39, 0.29) is 6.61 Å². The Morgan fingerprint density at radius 1 is 1.32 bits per heavy atom. The van der Waals surface area contributed by atoms with Crippen LogP contribution in [0.25, 0.3) is 0 Å². The van der Waals surface area contributed by atoms with E-state index in [1.807, 2.05) is 12.1 Å². The van der Waals surface area contributed by atoms with Crippen molar-refractivity contribution in [3.05, 3.63) is 35.4 Å². The summed E-state index contributed by atoms with van der Waals surface area (Å²) in [5.41, 5.74) is 2.25. The first-order chi connectivity index (χ1) is 9.17. The van der Waals surface area contributed by atoms with E-state index in [1.54, 1.807) is 7.11 Å². The van der Waals surface area contributed by atoms with Gasteiger partial charge in [0.15, 0.2) is 0 Å². The minimum absolute atomic E-state index is 0.118. The van der Waals surface area contributed by atoms with Crippen molar-refractivity contribution < 1.29 is 9.84 Å². The number of nitrogens with zero attached hydrogens (tertiary/aromatic N) is 1. The Morgan fingerprint density at radius 3 is 2.58 bits per heavy atom. The molecule has 0 aliphatic heterocycles. The van der Waals surface area contributed by atoms with Gasteiger partial charge >= 0.3 is 0 Å². The number of aliphatic hydroxyl groups is 1. The number of benzene rings is 1. The standard InChI is InChI=1S/C16H23NO2/c1-14(13-19-3)17(2)12-16-9-7-15(8-10-16)6-4-5-11-18/h7-10,14,18H,5,11-13H2,1-3H3. The fraction of sp³-hybridized carbons (Fsp3) is 0.500. The van der Waals surface area contributed by atoms with Gasteiger partial charge in [0.05, 0.1) is 13.2 Å². The predicted octanol–water partition coefficient (Wildman–Crippen LogP) is 1.89. The minimum atomic E-state index is 0.118. The molecule has 1 aromatic carbocycles. The molecule has 19 heavy (non-hydrogen) atoms. The molecule has 1 atom stereocenters. The maximum absolute atomic E-state index is 8.66. The van der Waals surface area contributed by atoms with Gasteiger partial charge in [0, 0.05) is 31.7 Å². The van der Waals surface area contributed by atoms with Crippen LogP contribution in [0.2, 0.25) is 0 Å². The van der Waals surface area contributed by atoms with Crippen LogP contribution in [-0.4, -0.2) is 43.4 Å². The number of hydrogen-bond acceptors (Lipinski definition) is 3. The van der Waals surface area contributed by atoms with Crippen LogP contribution < -0.4 is 0 Å². The highest BCUT2D eigenvalue weighted by atomic mass is 16.5. The van der Waals surface area contributed by atoms with Crippen molar-refractivity contribution in [1.82, 2.24) is 4.90 Å². The Labute approximate surface area is 116 Å². The van der Waals surface area contributed by atoms with E-state index in [9.17, 15) is 0 Å². The van der Waals surface area contributed by atoms with E-state index in [0.717, 1.165) is 18.7 Å². The van der Waals surface area contributed by atoms with E-state index in [1.165, 1.54) is 5.56 Å². The van der Waals surface area contributed by atoms with Gasteiger partial charge in [-0.3, -0.25) is 4.90 Å². The SMILES string of the molecule is COCC(C)N(C)Cc1ccc(C#CCCO)cc1. The summed E-state index contributed by atoms with van der Waals surface area (Å²) in [4.78, 5) is 2.26. The molecule has 0 radical (unpaired) electrons. The normalized spacial score (nSPS) is 12.1. The highest BCUT2D eigenvalue weighted by Gasteiger charge is 2.08. The van der Waals surface area contributed by atoms with E-state index in [2.05, 4.69) is 42.8 Å². The number of aliphatic hydroxyl groups excluding tert-OH is 1. The van der Waals surface area contributed by atoms with Gasteiger partial charge in [-0.05, 0) is 31.7 Å². The highest BCUT2D eigenvalue weighted by Crippen LogP contribution is 2.08. The van der Waals surface area contributed by atoms with Gasteiger partial charge in [0.25, 0.3) is 0 Å². The molecule has 1 rings (SSSR count). The van der Waals surface area contributed by atoms with Gasteiger partial charge in [-0.25, -0.2) is 0 Å². The summed E-state index contributed by atoms with van der Waals surface area (Å²) < 4.78 is 5.16. The average Bonchev–Trinajstić information content (AvgIpc) is 2.41. The second-order valence-corrected chi connectivity index (χ2v) is 4.69. The van der Waals surface area contributed by atoms with Crippen molar-refractivity contribution in [2.75, 3.05) is 27.4 Å². The van der Waals surface area contributed by atoms with Gasteiger partial charge in [0.2, 0.25) is 0 Å². The summed E-state index contributed by atoms with van der Waals surface area (Å²) in [6.45, 7) is 3.90. The third-order valence-corrected chi connectivity index (χ3v) is 3.02. The maximum Gasteiger partial charge on any atom is 0.0615 e. The summed E-state index contributed by atoms with van der Waals surface area (Å²) >= 11 is 0. The van der Waals surface area contributed by atoms with Crippen LogP contribution in [0.15, 0.2) is 24.3 Å². The van der Waals surface area contributed by atoms with E-state index >= 15 is 0 Å². The lowest BCUT2D eigenvalue weighted by molar-refractivity contribution is 0.112. The summed E-state index contributed by atoms with van der Waals surface area (Å²) in [6.07, 6.45) is 0.527. The second kappa shape index (κ2) is 8.71. The Morgan fingerprint density at radius 2 is 2.00 bits per heavy atom. The third-order valence-electron chi connectivity index (χ3n) is 3.02. The molecule has 0 saturated heterocycles. The van der Waals surface area contributed by atoms with Crippen LogP contribution in [0, 0.1) is 11.8 Å². The summed E-state index contributed by atoms with van der Waals surface area (Å²) in [6, 6.07) is 8.63. The Bertz CT molecular complexity index is 417. The molecule has 0 saturated carbocycles. The van der Waals surface area contributed by atoms with E-state index in [0.29, 0.717) is 12.5 Å². The first-order valence-corrected chi connectivity index (χ1v) is 6.55. The number of hydrogen-bond donors (Lipinski definition) is 1. The fourth-order valence-corrected chi connectivity index (χ4v) is 1.73. The molecule has 1 N–H and O–H groups in total. The molecular formula is C16H23NO2. The zero-order chi connectivity index (χ0) is 14.1. The van der Waals surface area contributed by atoms with E-state index in [4.69, 9.17) is 9.84 Å². The molecule has 0 fully saturated rings. The minimum Gasteiger partial charge on any atom is -0.395 e. The summed E-state index contributed by atoms with van der Waals surface area (Å²) in [5.74, 6) is 5.95. The number of methoxy groups -OCH3 is 1. The molecule has 3 nitrogen and oxygen atoms in total. The van der Waals surface area contributed by atoms with Gasteiger partial charge in [-0.1, -0.05) is 24.0 Å². The molecular weight excluding hydrogens is 238 g/mol. The lowest BCUT2D eigenvalue weighted by atomic mass is 10.1. The van der Waals surface area contributed by atoms with Crippen molar-refractivity contribution in [3.8, 4) is 11.8 Å². The monoisotopic (exact) mass is 261 g/mol. The molecule has 0 aromatic heterocycles. The summed E-state index contributed by atoms with van der Waals surface area (Å²) in [5, 5.41) is 8.66. The molecule has 1 aromatic rings. The summed E-state index contributed by atoms with van der Waals surface area (Å²) in [7, 11) is 3.82. The van der Waals surface area contributed by atoms with Crippen LogP contribution in [0.5, 0.6) is 0 Å². The molecule has 0 aliphatic rings. The fourth-order valence-electron chi connectivity index (χ4n) is 1.73. The largest absolute Gasteiger partial charge is 0.395 e. The molecule has 0 aliphatic carbocycles. The van der Waals surface area contributed by atoms with Crippen molar-refractivity contribution in [2.24, 2.45) is 0 Å². The van der Waals surface area contributed by atoms with Crippen LogP contribution in [0.3, 0.4) is 0 Å². The van der Waals surface area contributed by atoms with Gasteiger partial charge in [0.1, 0.15) is 0 Å². The zero-order valence-corrected chi connectivity index (χ0v) is 12.0. The van der Waals surface area contributed by atoms with Crippen LogP contribution in [0.1, 0.15) is 24.5 Å². The van der Waals surface area contributed by atoms with E-state index < -0.39 is 0 Å². The molecule has 104 valence electrons. The molecule has 0 spiro atoms. The predicted molar refractivity (Wildman–Crippen MR) is 77.8 cm³/mol. The van der Waals surface area contributed by atoms with Crippen LogP contribution in [0.4, 0.5) is 0 Å². The third kappa shape index (κ3) is 5.89. The van der Waals surface area contributed by atoms with Crippen molar-refractivity contribution >= 4 is 0 Å². The topological polar surface area (TPSA) is 32.7 Å². The molecule has 3 heteroatoms. The smallest absolute Gasteiger partial charge is 0.0615 e. The number of likely N-dealkylation sites (N-methyl/N-ethyl adjacent to an activating group) is 1. The van der Waals surface area contributed by atoms with Crippen molar-refractivity contribution in [3.63, 3.8) is 0 Å². The van der Waals surface area contributed by atoms with Crippen molar-refractivity contribution in [2.45, 2.75) is 25.9 Å². The lowest BCUT2D eigenvalue weighted by Gasteiger charge is -2.23. The average molecular weight is 261 g/mol. The molecule has 0 amide bonds. The van der Waals surface area contributed by atoms with Gasteiger partial charge in [-0.2, -0.15) is 0 Å². The quantitative estimate of drug-likeness (QED) is 0.794. The number of ether oxygens (including phenoxy) is 1. The second-order valence-electron chi connectivity index (χ2n) is 4.69. The Kier molecular flexibility index (Phi) is 7.20. The molecule has 0 heterocycles. The Hall–Kier alpha value is -1.34. The van der Waals surface area contributed by atoms with Crippen molar-refractivity contribution in [1.29, 1.82) is 0 Å². The highest BCUT2D eigenvalue weighted by molar-refractivity contribution is 5.36. The number of rotatable bonds is 6. The lowest BCUT2D eigenvalue weighted by Crippen LogP contribution is -2.32. The zero-order valence-electron chi connectivity index (χ0n) is 12.0. The first kappa shape index (κ1) is 15.7.